The molecule has 1 aliphatic heterocycles. The maximum absolute atomic E-state index is 12.6. The highest BCUT2D eigenvalue weighted by Gasteiger charge is 2.61. The number of hydrogen-bond donors (Lipinski definition) is 1. The lowest BCUT2D eigenvalue weighted by atomic mass is 9.81. The van der Waals surface area contributed by atoms with E-state index in [1.54, 1.807) is 0 Å². The van der Waals surface area contributed by atoms with Gasteiger partial charge in [-0.2, -0.15) is 0 Å². The molecule has 0 radical (unpaired) electrons. The molecule has 148 valence electrons. The van der Waals surface area contributed by atoms with Crippen molar-refractivity contribution in [3.05, 3.63) is 29.3 Å². The van der Waals surface area contributed by atoms with Gasteiger partial charge in [-0.15, -0.1) is 0 Å². The van der Waals surface area contributed by atoms with Crippen LogP contribution < -0.4 is 5.32 Å². The normalized spacial score (nSPS) is 27.9. The number of benzene rings is 1. The Balaban J connectivity index is 1.30. The predicted molar refractivity (Wildman–Crippen MR) is 100 cm³/mol. The first-order valence-electron chi connectivity index (χ1n) is 9.73. The monoisotopic (exact) mass is 384 g/mol. The van der Waals surface area contributed by atoms with Crippen LogP contribution in [0.2, 0.25) is 0 Å². The molecule has 3 fully saturated rings. The van der Waals surface area contributed by atoms with E-state index in [1.807, 2.05) is 32.0 Å². The number of hydrogen-bond acceptors (Lipinski definition) is 5. The molecule has 2 bridgehead atoms. The Morgan fingerprint density at radius 3 is 2.39 bits per heavy atom. The summed E-state index contributed by atoms with van der Waals surface area (Å²) < 4.78 is 5.00. The molecule has 0 unspecified atom stereocenters. The minimum atomic E-state index is -0.745. The van der Waals surface area contributed by atoms with Gasteiger partial charge in [-0.1, -0.05) is 12.1 Å². The molecule has 1 heterocycles. The van der Waals surface area contributed by atoms with Gasteiger partial charge in [-0.25, -0.2) is 0 Å². The molecular formula is C21H24N2O5. The summed E-state index contributed by atoms with van der Waals surface area (Å²) in [7, 11) is 0. The zero-order valence-corrected chi connectivity index (χ0v) is 16.1. The first-order chi connectivity index (χ1) is 13.3. The number of carbonyl (C=O) groups is 4. The van der Waals surface area contributed by atoms with Crippen molar-refractivity contribution in [2.24, 2.45) is 23.7 Å². The number of aryl methyl sites for hydroxylation is 2. The fourth-order valence-corrected chi connectivity index (χ4v) is 5.00. The topological polar surface area (TPSA) is 92.8 Å². The molecule has 7 nitrogen and oxygen atoms in total. The second-order valence-electron chi connectivity index (χ2n) is 8.17. The zero-order chi connectivity index (χ0) is 20.0. The number of anilines is 1. The van der Waals surface area contributed by atoms with Gasteiger partial charge in [0.25, 0.3) is 5.91 Å². The van der Waals surface area contributed by atoms with Gasteiger partial charge in [0.2, 0.25) is 11.8 Å². The summed E-state index contributed by atoms with van der Waals surface area (Å²) in [6, 6.07) is 5.67. The van der Waals surface area contributed by atoms with E-state index in [9.17, 15) is 19.2 Å². The Labute approximate surface area is 163 Å². The van der Waals surface area contributed by atoms with E-state index in [4.69, 9.17) is 4.74 Å². The van der Waals surface area contributed by atoms with Crippen LogP contribution in [0.4, 0.5) is 5.69 Å². The smallest absolute Gasteiger partial charge is 0.326 e. The molecule has 2 aliphatic carbocycles. The third-order valence-electron chi connectivity index (χ3n) is 6.34. The van der Waals surface area contributed by atoms with Crippen LogP contribution in [-0.2, 0) is 23.9 Å². The van der Waals surface area contributed by atoms with Crippen molar-refractivity contribution >= 4 is 29.4 Å². The van der Waals surface area contributed by atoms with Gasteiger partial charge >= 0.3 is 5.97 Å². The molecule has 2 saturated carbocycles. The molecule has 28 heavy (non-hydrogen) atoms. The maximum atomic E-state index is 12.6. The SMILES string of the molecule is Cc1ccc(C)c(NC(=O)COC(=O)CN2C(=O)[C@@H]3[C@H]4CC[C@@H](C4)[C@H]3C2=O)c1. The third-order valence-corrected chi connectivity index (χ3v) is 6.34. The van der Waals surface area contributed by atoms with Crippen molar-refractivity contribution in [3.8, 4) is 0 Å². The number of carbonyl (C=O) groups excluding carboxylic acids is 4. The van der Waals surface area contributed by atoms with Gasteiger partial charge in [-0.05, 0) is 62.1 Å². The van der Waals surface area contributed by atoms with Gasteiger partial charge < -0.3 is 10.1 Å². The number of imide groups is 1. The van der Waals surface area contributed by atoms with Crippen molar-refractivity contribution in [1.82, 2.24) is 4.90 Å². The molecule has 0 aromatic heterocycles. The van der Waals surface area contributed by atoms with Crippen LogP contribution in [-0.4, -0.2) is 41.7 Å². The molecule has 4 rings (SSSR count). The summed E-state index contributed by atoms with van der Waals surface area (Å²) in [6.45, 7) is 2.91. The Hall–Kier alpha value is -2.70. The Bertz CT molecular complexity index is 836. The van der Waals surface area contributed by atoms with Crippen molar-refractivity contribution in [1.29, 1.82) is 0 Å². The Morgan fingerprint density at radius 1 is 1.11 bits per heavy atom. The van der Waals surface area contributed by atoms with Crippen LogP contribution in [0.1, 0.15) is 30.4 Å². The fourth-order valence-electron chi connectivity index (χ4n) is 5.00. The molecule has 1 saturated heterocycles. The minimum absolute atomic E-state index is 0.251. The number of nitrogens with zero attached hydrogens (tertiary/aromatic N) is 1. The van der Waals surface area contributed by atoms with E-state index >= 15 is 0 Å². The Kier molecular flexibility index (Phi) is 4.69. The average Bonchev–Trinajstić information content (AvgIpc) is 3.33. The highest BCUT2D eigenvalue weighted by molar-refractivity contribution is 6.08. The lowest BCUT2D eigenvalue weighted by molar-refractivity contribution is -0.154. The number of esters is 1. The van der Waals surface area contributed by atoms with Crippen LogP contribution in [0.15, 0.2) is 18.2 Å². The number of fused-ring (bicyclic) bond motifs is 5. The minimum Gasteiger partial charge on any atom is -0.454 e. The third kappa shape index (κ3) is 3.19. The first kappa shape index (κ1) is 18.7. The number of amides is 3. The summed E-state index contributed by atoms with van der Waals surface area (Å²) in [6.07, 6.45) is 2.92. The van der Waals surface area contributed by atoms with E-state index in [2.05, 4.69) is 5.32 Å². The molecule has 0 spiro atoms. The van der Waals surface area contributed by atoms with Crippen LogP contribution in [0, 0.1) is 37.5 Å². The second-order valence-corrected chi connectivity index (χ2v) is 8.17. The van der Waals surface area contributed by atoms with Crippen molar-refractivity contribution in [2.45, 2.75) is 33.1 Å². The molecule has 1 aromatic rings. The standard InChI is InChI=1S/C21H24N2O5/c1-11-3-4-12(2)15(7-11)22-16(24)10-28-17(25)9-23-20(26)18-13-5-6-14(8-13)19(18)21(23)27/h3-4,7,13-14,18-19H,5-6,8-10H2,1-2H3,(H,22,24)/t13-,14-,18+,19+/m0/s1. The quantitative estimate of drug-likeness (QED) is 0.617. The van der Waals surface area contributed by atoms with Crippen LogP contribution >= 0.6 is 0 Å². The van der Waals surface area contributed by atoms with Crippen LogP contribution in [0.3, 0.4) is 0 Å². The van der Waals surface area contributed by atoms with E-state index in [0.717, 1.165) is 35.3 Å². The number of ether oxygens (including phenoxy) is 1. The van der Waals surface area contributed by atoms with Gasteiger partial charge in [0.1, 0.15) is 6.54 Å². The van der Waals surface area contributed by atoms with Crippen molar-refractivity contribution in [2.75, 3.05) is 18.5 Å². The molecular weight excluding hydrogens is 360 g/mol. The van der Waals surface area contributed by atoms with Gasteiger partial charge in [0.05, 0.1) is 11.8 Å². The lowest BCUT2D eigenvalue weighted by Crippen LogP contribution is -2.38. The van der Waals surface area contributed by atoms with Crippen molar-refractivity contribution < 1.29 is 23.9 Å². The number of nitrogens with one attached hydrogen (secondary N) is 1. The van der Waals surface area contributed by atoms with E-state index in [0.29, 0.717) is 5.69 Å². The van der Waals surface area contributed by atoms with Crippen LogP contribution in [0.5, 0.6) is 0 Å². The number of rotatable bonds is 5. The zero-order valence-electron chi connectivity index (χ0n) is 16.1. The van der Waals surface area contributed by atoms with Gasteiger partial charge in [0, 0.05) is 5.69 Å². The van der Waals surface area contributed by atoms with E-state index < -0.39 is 25.0 Å². The molecule has 1 aromatic carbocycles. The molecule has 3 aliphatic rings. The molecule has 4 atom stereocenters. The van der Waals surface area contributed by atoms with Gasteiger partial charge in [-0.3, -0.25) is 24.1 Å². The first-order valence-corrected chi connectivity index (χ1v) is 9.73. The van der Waals surface area contributed by atoms with Gasteiger partial charge in [0.15, 0.2) is 6.61 Å². The van der Waals surface area contributed by atoms with E-state index in [1.165, 1.54) is 0 Å². The van der Waals surface area contributed by atoms with Crippen LogP contribution in [0.25, 0.3) is 0 Å². The average molecular weight is 384 g/mol. The second kappa shape index (κ2) is 7.04. The van der Waals surface area contributed by atoms with Crippen molar-refractivity contribution in [3.63, 3.8) is 0 Å². The molecule has 1 N–H and O–H groups in total. The summed E-state index contributed by atoms with van der Waals surface area (Å²) in [5.41, 5.74) is 2.57. The predicted octanol–water partition coefficient (Wildman–Crippen LogP) is 1.82. The number of likely N-dealkylation sites (tertiary alicyclic amines) is 1. The summed E-state index contributed by atoms with van der Waals surface area (Å²) in [5.74, 6) is -1.68. The summed E-state index contributed by atoms with van der Waals surface area (Å²) >= 11 is 0. The fraction of sp³-hybridized carbons (Fsp3) is 0.524. The maximum Gasteiger partial charge on any atom is 0.326 e. The lowest BCUT2D eigenvalue weighted by Gasteiger charge is -2.19. The van der Waals surface area contributed by atoms with E-state index in [-0.39, 0.29) is 35.5 Å². The highest BCUT2D eigenvalue weighted by Crippen LogP contribution is 2.56. The largest absolute Gasteiger partial charge is 0.454 e. The molecule has 3 amide bonds. The molecule has 7 heteroatoms. The summed E-state index contributed by atoms with van der Waals surface area (Å²) in [5, 5.41) is 2.71. The Morgan fingerprint density at radius 2 is 1.75 bits per heavy atom. The highest BCUT2D eigenvalue weighted by atomic mass is 16.5. The summed E-state index contributed by atoms with van der Waals surface area (Å²) in [4.78, 5) is 50.4.